The third-order valence-electron chi connectivity index (χ3n) is 3.14. The number of nitrogens with zero attached hydrogens (tertiary/aromatic N) is 3. The maximum absolute atomic E-state index is 11.9. The second-order valence-corrected chi connectivity index (χ2v) is 4.62. The van der Waals surface area contributed by atoms with Crippen LogP contribution in [0.1, 0.15) is 42.2 Å². The molecule has 0 bridgehead atoms. The molecule has 0 aromatic carbocycles. The standard InChI is InChI=1S/C13H20N4O/c1-3-6-14-12(18)11-9-15-13(16-10(11)2)17-7-4-5-8-17/h9H,3-8H2,1-2H3,(H,14,18). The summed E-state index contributed by atoms with van der Waals surface area (Å²) < 4.78 is 0. The number of aromatic nitrogens is 2. The summed E-state index contributed by atoms with van der Waals surface area (Å²) in [6.07, 6.45) is 4.96. The summed E-state index contributed by atoms with van der Waals surface area (Å²) in [6.45, 7) is 6.61. The number of amides is 1. The molecule has 1 fully saturated rings. The average molecular weight is 248 g/mol. The first-order valence-corrected chi connectivity index (χ1v) is 6.59. The molecular formula is C13H20N4O. The van der Waals surface area contributed by atoms with Gasteiger partial charge in [-0.3, -0.25) is 4.79 Å². The first kappa shape index (κ1) is 12.8. The molecule has 5 heteroatoms. The topological polar surface area (TPSA) is 58.1 Å². The Balaban J connectivity index is 2.11. The number of rotatable bonds is 4. The molecule has 1 aliphatic heterocycles. The number of hydrogen-bond donors (Lipinski definition) is 1. The highest BCUT2D eigenvalue weighted by atomic mass is 16.1. The minimum atomic E-state index is -0.0812. The Labute approximate surface area is 108 Å². The number of hydrogen-bond acceptors (Lipinski definition) is 4. The van der Waals surface area contributed by atoms with E-state index in [1.807, 2.05) is 13.8 Å². The van der Waals surface area contributed by atoms with E-state index in [4.69, 9.17) is 0 Å². The quantitative estimate of drug-likeness (QED) is 0.877. The fraction of sp³-hybridized carbons (Fsp3) is 0.615. The Kier molecular flexibility index (Phi) is 4.12. The lowest BCUT2D eigenvalue weighted by atomic mass is 10.2. The third-order valence-corrected chi connectivity index (χ3v) is 3.14. The highest BCUT2D eigenvalue weighted by Gasteiger charge is 2.17. The van der Waals surface area contributed by atoms with Crippen molar-refractivity contribution in [2.75, 3.05) is 24.5 Å². The molecule has 5 nitrogen and oxygen atoms in total. The molecule has 1 aromatic rings. The fourth-order valence-corrected chi connectivity index (χ4v) is 2.08. The smallest absolute Gasteiger partial charge is 0.254 e. The summed E-state index contributed by atoms with van der Waals surface area (Å²) in [5.74, 6) is 0.666. The zero-order valence-corrected chi connectivity index (χ0v) is 11.1. The Morgan fingerprint density at radius 2 is 2.17 bits per heavy atom. The van der Waals surface area contributed by atoms with E-state index in [0.717, 1.165) is 31.2 Å². The Hall–Kier alpha value is -1.65. The van der Waals surface area contributed by atoms with Gasteiger partial charge in [0.15, 0.2) is 0 Å². The zero-order chi connectivity index (χ0) is 13.0. The first-order chi connectivity index (χ1) is 8.72. The summed E-state index contributed by atoms with van der Waals surface area (Å²) in [7, 11) is 0. The lowest BCUT2D eigenvalue weighted by Gasteiger charge is -2.16. The van der Waals surface area contributed by atoms with Gasteiger partial charge in [0.05, 0.1) is 11.3 Å². The maximum atomic E-state index is 11.9. The van der Waals surface area contributed by atoms with Crippen LogP contribution in [0.15, 0.2) is 6.20 Å². The Morgan fingerprint density at radius 3 is 2.78 bits per heavy atom. The van der Waals surface area contributed by atoms with Crippen LogP contribution in [0.5, 0.6) is 0 Å². The van der Waals surface area contributed by atoms with Crippen LogP contribution in [-0.2, 0) is 0 Å². The molecule has 2 heterocycles. The molecule has 0 radical (unpaired) electrons. The molecule has 0 atom stereocenters. The average Bonchev–Trinajstić information content (AvgIpc) is 2.89. The normalized spacial score (nSPS) is 14.9. The molecule has 0 aliphatic carbocycles. The third kappa shape index (κ3) is 2.78. The van der Waals surface area contributed by atoms with E-state index in [1.54, 1.807) is 6.20 Å². The molecule has 0 unspecified atom stereocenters. The van der Waals surface area contributed by atoms with Crippen LogP contribution < -0.4 is 10.2 Å². The van der Waals surface area contributed by atoms with Crippen molar-refractivity contribution in [1.82, 2.24) is 15.3 Å². The molecule has 0 spiro atoms. The van der Waals surface area contributed by atoms with E-state index >= 15 is 0 Å². The van der Waals surface area contributed by atoms with E-state index in [-0.39, 0.29) is 5.91 Å². The van der Waals surface area contributed by atoms with E-state index < -0.39 is 0 Å². The van der Waals surface area contributed by atoms with Crippen LogP contribution in [0.2, 0.25) is 0 Å². The Bertz CT molecular complexity index is 427. The van der Waals surface area contributed by atoms with Crippen LogP contribution in [0.3, 0.4) is 0 Å². The molecule has 0 saturated carbocycles. The molecule has 1 aromatic heterocycles. The van der Waals surface area contributed by atoms with Gasteiger partial charge in [-0.05, 0) is 26.2 Å². The molecular weight excluding hydrogens is 228 g/mol. The minimum absolute atomic E-state index is 0.0812. The van der Waals surface area contributed by atoms with Crippen molar-refractivity contribution >= 4 is 11.9 Å². The maximum Gasteiger partial charge on any atom is 0.254 e. The second-order valence-electron chi connectivity index (χ2n) is 4.62. The van der Waals surface area contributed by atoms with Crippen molar-refractivity contribution in [1.29, 1.82) is 0 Å². The highest BCUT2D eigenvalue weighted by Crippen LogP contribution is 2.16. The fourth-order valence-electron chi connectivity index (χ4n) is 2.08. The van der Waals surface area contributed by atoms with Gasteiger partial charge in [-0.1, -0.05) is 6.92 Å². The molecule has 98 valence electrons. The molecule has 1 aliphatic rings. The highest BCUT2D eigenvalue weighted by molar-refractivity contribution is 5.94. The van der Waals surface area contributed by atoms with Crippen LogP contribution in [0.25, 0.3) is 0 Å². The molecule has 1 N–H and O–H groups in total. The second kappa shape index (κ2) is 5.80. The summed E-state index contributed by atoms with van der Waals surface area (Å²) in [5.41, 5.74) is 1.33. The van der Waals surface area contributed by atoms with Crippen LogP contribution in [0.4, 0.5) is 5.95 Å². The van der Waals surface area contributed by atoms with Crippen molar-refractivity contribution in [3.05, 3.63) is 17.5 Å². The van der Waals surface area contributed by atoms with Gasteiger partial charge in [-0.25, -0.2) is 9.97 Å². The van der Waals surface area contributed by atoms with Gasteiger partial charge in [-0.15, -0.1) is 0 Å². The van der Waals surface area contributed by atoms with Crippen LogP contribution >= 0.6 is 0 Å². The molecule has 18 heavy (non-hydrogen) atoms. The van der Waals surface area contributed by atoms with Gasteiger partial charge >= 0.3 is 0 Å². The van der Waals surface area contributed by atoms with E-state index in [0.29, 0.717) is 12.1 Å². The minimum Gasteiger partial charge on any atom is -0.352 e. The van der Waals surface area contributed by atoms with Crippen molar-refractivity contribution in [2.45, 2.75) is 33.1 Å². The molecule has 1 amide bonds. The van der Waals surface area contributed by atoms with Gasteiger partial charge in [-0.2, -0.15) is 0 Å². The van der Waals surface area contributed by atoms with E-state index in [9.17, 15) is 4.79 Å². The summed E-state index contributed by atoms with van der Waals surface area (Å²) in [6, 6.07) is 0. The van der Waals surface area contributed by atoms with Gasteiger partial charge in [0.2, 0.25) is 5.95 Å². The number of aryl methyl sites for hydroxylation is 1. The van der Waals surface area contributed by atoms with Gasteiger partial charge in [0, 0.05) is 25.8 Å². The summed E-state index contributed by atoms with van der Waals surface area (Å²) >= 11 is 0. The van der Waals surface area contributed by atoms with Crippen LogP contribution in [-0.4, -0.2) is 35.5 Å². The summed E-state index contributed by atoms with van der Waals surface area (Å²) in [5, 5.41) is 2.85. The lowest BCUT2D eigenvalue weighted by molar-refractivity contribution is 0.0952. The predicted octanol–water partition coefficient (Wildman–Crippen LogP) is 1.53. The number of nitrogens with one attached hydrogen (secondary N) is 1. The van der Waals surface area contributed by atoms with Gasteiger partial charge < -0.3 is 10.2 Å². The zero-order valence-electron chi connectivity index (χ0n) is 11.1. The lowest BCUT2D eigenvalue weighted by Crippen LogP contribution is -2.26. The number of carbonyl (C=O) groups excluding carboxylic acids is 1. The van der Waals surface area contributed by atoms with Crippen molar-refractivity contribution in [3.63, 3.8) is 0 Å². The van der Waals surface area contributed by atoms with Crippen LogP contribution in [0, 0.1) is 6.92 Å². The molecule has 2 rings (SSSR count). The number of anilines is 1. The largest absolute Gasteiger partial charge is 0.352 e. The van der Waals surface area contributed by atoms with E-state index in [1.165, 1.54) is 12.8 Å². The predicted molar refractivity (Wildman–Crippen MR) is 70.8 cm³/mol. The number of carbonyl (C=O) groups is 1. The van der Waals surface area contributed by atoms with Gasteiger partial charge in [0.1, 0.15) is 0 Å². The first-order valence-electron chi connectivity index (χ1n) is 6.59. The van der Waals surface area contributed by atoms with E-state index in [2.05, 4.69) is 20.2 Å². The van der Waals surface area contributed by atoms with Gasteiger partial charge in [0.25, 0.3) is 5.91 Å². The SMILES string of the molecule is CCCNC(=O)c1cnc(N2CCCC2)nc1C. The van der Waals surface area contributed by atoms with Crippen molar-refractivity contribution < 1.29 is 4.79 Å². The van der Waals surface area contributed by atoms with Crippen molar-refractivity contribution in [3.8, 4) is 0 Å². The molecule has 1 saturated heterocycles. The Morgan fingerprint density at radius 1 is 1.44 bits per heavy atom. The monoisotopic (exact) mass is 248 g/mol. The summed E-state index contributed by atoms with van der Waals surface area (Å²) in [4.78, 5) is 22.8. The van der Waals surface area contributed by atoms with Crippen molar-refractivity contribution in [2.24, 2.45) is 0 Å².